The van der Waals surface area contributed by atoms with E-state index >= 15 is 0 Å². The molecule has 0 aliphatic rings. The Morgan fingerprint density at radius 1 is 1.00 bits per heavy atom. The van der Waals surface area contributed by atoms with Gasteiger partial charge >= 0.3 is 6.03 Å². The van der Waals surface area contributed by atoms with E-state index in [-0.39, 0.29) is 12.6 Å². The first kappa shape index (κ1) is 17.0. The lowest BCUT2D eigenvalue weighted by atomic mass is 10.1. The summed E-state index contributed by atoms with van der Waals surface area (Å²) in [6.07, 6.45) is -0.721. The minimum Gasteiger partial charge on any atom is -0.387 e. The third-order valence-electron chi connectivity index (χ3n) is 3.83. The molecular formula is C19H24N2O2. The van der Waals surface area contributed by atoms with Gasteiger partial charge in [-0.15, -0.1) is 0 Å². The van der Waals surface area contributed by atoms with E-state index in [1.54, 1.807) is 0 Å². The van der Waals surface area contributed by atoms with Gasteiger partial charge in [0.2, 0.25) is 0 Å². The molecule has 2 rings (SSSR count). The van der Waals surface area contributed by atoms with E-state index in [1.807, 2.05) is 64.1 Å². The highest BCUT2D eigenvalue weighted by Crippen LogP contribution is 2.21. The van der Waals surface area contributed by atoms with Crippen molar-refractivity contribution in [3.05, 3.63) is 64.2 Å². The molecule has 0 aliphatic heterocycles. The van der Waals surface area contributed by atoms with Crippen molar-refractivity contribution < 1.29 is 9.90 Å². The lowest BCUT2D eigenvalue weighted by Gasteiger charge is -2.16. The second-order valence-electron chi connectivity index (χ2n) is 6.04. The highest BCUT2D eigenvalue weighted by atomic mass is 16.3. The van der Waals surface area contributed by atoms with Gasteiger partial charge in [-0.1, -0.05) is 47.5 Å². The number of nitrogens with one attached hydrogen (secondary N) is 2. The van der Waals surface area contributed by atoms with Gasteiger partial charge in [0.1, 0.15) is 0 Å². The van der Waals surface area contributed by atoms with Gasteiger partial charge in [0, 0.05) is 12.2 Å². The second-order valence-corrected chi connectivity index (χ2v) is 6.04. The SMILES string of the molecule is Cc1ccc([C@H](O)CNC(=O)Nc2c(C)cc(C)cc2C)cc1. The summed E-state index contributed by atoms with van der Waals surface area (Å²) >= 11 is 0. The summed E-state index contributed by atoms with van der Waals surface area (Å²) in [4.78, 5) is 12.1. The third kappa shape index (κ3) is 4.57. The van der Waals surface area contributed by atoms with Crippen molar-refractivity contribution in [2.24, 2.45) is 0 Å². The van der Waals surface area contributed by atoms with Crippen molar-refractivity contribution >= 4 is 11.7 Å². The number of rotatable bonds is 4. The van der Waals surface area contributed by atoms with Gasteiger partial charge in [0.05, 0.1) is 6.10 Å². The van der Waals surface area contributed by atoms with Gasteiger partial charge < -0.3 is 15.7 Å². The molecule has 0 bridgehead atoms. The molecule has 3 N–H and O–H groups in total. The molecule has 0 aliphatic carbocycles. The minimum absolute atomic E-state index is 0.166. The fourth-order valence-electron chi connectivity index (χ4n) is 2.63. The molecule has 4 nitrogen and oxygen atoms in total. The number of hydrogen-bond donors (Lipinski definition) is 3. The van der Waals surface area contributed by atoms with Crippen molar-refractivity contribution in [2.75, 3.05) is 11.9 Å². The quantitative estimate of drug-likeness (QED) is 0.804. The maximum absolute atomic E-state index is 12.1. The number of amides is 2. The van der Waals surface area contributed by atoms with Crippen LogP contribution in [0.15, 0.2) is 36.4 Å². The van der Waals surface area contributed by atoms with Crippen molar-refractivity contribution in [2.45, 2.75) is 33.8 Å². The summed E-state index contributed by atoms with van der Waals surface area (Å²) in [5.74, 6) is 0. The standard InChI is InChI=1S/C19H24N2O2/c1-12-5-7-16(8-6-12)17(22)11-20-19(23)21-18-14(3)9-13(2)10-15(18)4/h5-10,17,22H,11H2,1-4H3,(H2,20,21,23)/t17-/m1/s1. The first-order chi connectivity index (χ1) is 10.9. The molecule has 0 heterocycles. The fourth-order valence-corrected chi connectivity index (χ4v) is 2.63. The zero-order chi connectivity index (χ0) is 17.0. The minimum atomic E-state index is -0.721. The highest BCUT2D eigenvalue weighted by molar-refractivity contribution is 5.91. The van der Waals surface area contributed by atoms with E-state index in [2.05, 4.69) is 10.6 Å². The Labute approximate surface area is 137 Å². The predicted molar refractivity (Wildman–Crippen MR) is 93.8 cm³/mol. The largest absolute Gasteiger partial charge is 0.387 e. The van der Waals surface area contributed by atoms with Crippen molar-refractivity contribution in [3.63, 3.8) is 0 Å². The molecule has 2 aromatic carbocycles. The molecular weight excluding hydrogens is 288 g/mol. The van der Waals surface area contributed by atoms with Crippen LogP contribution in [0.4, 0.5) is 10.5 Å². The Balaban J connectivity index is 1.94. The Bertz CT molecular complexity index is 670. The number of aryl methyl sites for hydroxylation is 4. The molecule has 0 saturated heterocycles. The molecule has 0 aromatic heterocycles. The molecule has 0 fully saturated rings. The molecule has 23 heavy (non-hydrogen) atoms. The average molecular weight is 312 g/mol. The van der Waals surface area contributed by atoms with E-state index in [9.17, 15) is 9.90 Å². The van der Waals surface area contributed by atoms with Gasteiger partial charge in [-0.2, -0.15) is 0 Å². The number of urea groups is 1. The summed E-state index contributed by atoms with van der Waals surface area (Å²) in [6, 6.07) is 11.4. The van der Waals surface area contributed by atoms with Crippen LogP contribution in [0.2, 0.25) is 0 Å². The van der Waals surface area contributed by atoms with E-state index in [0.717, 1.165) is 27.9 Å². The zero-order valence-electron chi connectivity index (χ0n) is 14.1. The summed E-state index contributed by atoms with van der Waals surface area (Å²) < 4.78 is 0. The smallest absolute Gasteiger partial charge is 0.319 e. The first-order valence-corrected chi connectivity index (χ1v) is 7.74. The lowest BCUT2D eigenvalue weighted by molar-refractivity contribution is 0.175. The fraction of sp³-hybridized carbons (Fsp3) is 0.316. The molecule has 4 heteroatoms. The van der Waals surface area contributed by atoms with E-state index in [4.69, 9.17) is 0 Å². The Hall–Kier alpha value is -2.33. The highest BCUT2D eigenvalue weighted by Gasteiger charge is 2.11. The molecule has 1 atom stereocenters. The maximum Gasteiger partial charge on any atom is 0.319 e. The number of carbonyl (C=O) groups excluding carboxylic acids is 1. The van der Waals surface area contributed by atoms with Crippen LogP contribution >= 0.6 is 0 Å². The number of carbonyl (C=O) groups is 1. The Morgan fingerprint density at radius 3 is 2.13 bits per heavy atom. The molecule has 0 saturated carbocycles. The first-order valence-electron chi connectivity index (χ1n) is 7.74. The normalized spacial score (nSPS) is 11.9. The molecule has 2 aromatic rings. The van der Waals surface area contributed by atoms with Crippen LogP contribution in [-0.2, 0) is 0 Å². The summed E-state index contributed by atoms with van der Waals surface area (Å²) in [6.45, 7) is 8.13. The van der Waals surface area contributed by atoms with Crippen LogP contribution in [0.3, 0.4) is 0 Å². The van der Waals surface area contributed by atoms with Crippen LogP contribution in [-0.4, -0.2) is 17.7 Å². The van der Waals surface area contributed by atoms with Crippen molar-refractivity contribution in [3.8, 4) is 0 Å². The monoisotopic (exact) mass is 312 g/mol. The number of benzene rings is 2. The Morgan fingerprint density at radius 2 is 1.57 bits per heavy atom. The molecule has 2 amide bonds. The van der Waals surface area contributed by atoms with E-state index in [0.29, 0.717) is 0 Å². The van der Waals surface area contributed by atoms with Gasteiger partial charge in [-0.25, -0.2) is 4.79 Å². The predicted octanol–water partition coefficient (Wildman–Crippen LogP) is 3.78. The van der Waals surface area contributed by atoms with Gasteiger partial charge in [0.15, 0.2) is 0 Å². The lowest BCUT2D eigenvalue weighted by Crippen LogP contribution is -2.32. The van der Waals surface area contributed by atoms with Crippen LogP contribution in [0.5, 0.6) is 0 Å². The number of anilines is 1. The Kier molecular flexibility index (Phi) is 5.40. The van der Waals surface area contributed by atoms with Crippen molar-refractivity contribution in [1.82, 2.24) is 5.32 Å². The summed E-state index contributed by atoms with van der Waals surface area (Å²) in [5.41, 5.74) is 5.96. The van der Waals surface area contributed by atoms with Crippen LogP contribution in [0.25, 0.3) is 0 Å². The van der Waals surface area contributed by atoms with Gasteiger partial charge in [-0.05, 0) is 44.4 Å². The summed E-state index contributed by atoms with van der Waals surface area (Å²) in [7, 11) is 0. The zero-order valence-corrected chi connectivity index (χ0v) is 14.1. The van der Waals surface area contributed by atoms with E-state index in [1.165, 1.54) is 5.56 Å². The van der Waals surface area contributed by atoms with Crippen molar-refractivity contribution in [1.29, 1.82) is 0 Å². The van der Waals surface area contributed by atoms with Crippen LogP contribution in [0, 0.1) is 27.7 Å². The third-order valence-corrected chi connectivity index (χ3v) is 3.83. The molecule has 0 unspecified atom stereocenters. The molecule has 0 radical (unpaired) electrons. The molecule has 122 valence electrons. The second kappa shape index (κ2) is 7.29. The van der Waals surface area contributed by atoms with Crippen LogP contribution < -0.4 is 10.6 Å². The van der Waals surface area contributed by atoms with Gasteiger partial charge in [-0.3, -0.25) is 0 Å². The number of aliphatic hydroxyl groups is 1. The molecule has 0 spiro atoms. The maximum atomic E-state index is 12.1. The topological polar surface area (TPSA) is 61.4 Å². The van der Waals surface area contributed by atoms with E-state index < -0.39 is 6.10 Å². The van der Waals surface area contributed by atoms with Gasteiger partial charge in [0.25, 0.3) is 0 Å². The number of hydrogen-bond acceptors (Lipinski definition) is 2. The summed E-state index contributed by atoms with van der Waals surface area (Å²) in [5, 5.41) is 15.7. The van der Waals surface area contributed by atoms with Crippen LogP contribution in [0.1, 0.15) is 33.9 Å². The number of aliphatic hydroxyl groups excluding tert-OH is 1. The average Bonchev–Trinajstić information content (AvgIpc) is 2.49.